The highest BCUT2D eigenvalue weighted by molar-refractivity contribution is 6.31. The maximum Gasteiger partial charge on any atom is 0.225 e. The Bertz CT molecular complexity index is 1100. The Morgan fingerprint density at radius 3 is 2.58 bits per heavy atom. The van der Waals surface area contributed by atoms with Gasteiger partial charge in [0.15, 0.2) is 5.82 Å². The van der Waals surface area contributed by atoms with E-state index >= 15 is 0 Å². The van der Waals surface area contributed by atoms with E-state index < -0.39 is 0 Å². The van der Waals surface area contributed by atoms with Gasteiger partial charge in [-0.25, -0.2) is 4.98 Å². The Kier molecular flexibility index (Phi) is 6.95. The van der Waals surface area contributed by atoms with Gasteiger partial charge in [-0.1, -0.05) is 44.4 Å². The zero-order valence-electron chi connectivity index (χ0n) is 19.9. The van der Waals surface area contributed by atoms with Crippen molar-refractivity contribution in [2.75, 3.05) is 16.4 Å². The zero-order valence-corrected chi connectivity index (χ0v) is 20.7. The number of nitrogens with zero attached hydrogens (tertiary/aromatic N) is 4. The number of nitrogens with one attached hydrogen (secondary N) is 2. The minimum atomic E-state index is 0.0975. The molecule has 1 aliphatic rings. The molecular formula is C24H35ClN8. The lowest BCUT2D eigenvalue weighted by atomic mass is 9.91. The molecule has 2 heterocycles. The second kappa shape index (κ2) is 9.73. The van der Waals surface area contributed by atoms with Crippen molar-refractivity contribution in [2.24, 2.45) is 5.73 Å². The van der Waals surface area contributed by atoms with Crippen molar-refractivity contribution in [3.8, 4) is 0 Å². The van der Waals surface area contributed by atoms with Crippen LogP contribution in [0.15, 0.2) is 18.2 Å². The predicted molar refractivity (Wildman–Crippen MR) is 137 cm³/mol. The van der Waals surface area contributed by atoms with Crippen molar-refractivity contribution < 1.29 is 0 Å². The van der Waals surface area contributed by atoms with E-state index in [0.717, 1.165) is 41.6 Å². The molecule has 33 heavy (non-hydrogen) atoms. The number of anilines is 3. The number of nitrogens with two attached hydrogens (primary N) is 2. The number of fused-ring (bicyclic) bond motifs is 1. The number of aromatic nitrogens is 4. The lowest BCUT2D eigenvalue weighted by Crippen LogP contribution is -2.43. The molecule has 0 amide bonds. The summed E-state index contributed by atoms with van der Waals surface area (Å²) in [6, 6.07) is 5.95. The highest BCUT2D eigenvalue weighted by Crippen LogP contribution is 2.33. The second-order valence-corrected chi connectivity index (χ2v) is 9.94. The zero-order chi connectivity index (χ0) is 23.7. The summed E-state index contributed by atoms with van der Waals surface area (Å²) in [5.41, 5.74) is 16.8. The SMILES string of the molecule is CC(C)c1nn(C(C)C)c2c(NCc3c(N)cccc3Cl)nc(NC3CCCCC3N)nc12. The van der Waals surface area contributed by atoms with E-state index in [1.54, 1.807) is 0 Å². The average molecular weight is 471 g/mol. The van der Waals surface area contributed by atoms with Crippen LogP contribution in [-0.2, 0) is 6.54 Å². The van der Waals surface area contributed by atoms with Gasteiger partial charge in [0.05, 0.1) is 5.69 Å². The molecule has 3 aromatic rings. The molecule has 0 radical (unpaired) electrons. The number of hydrogen-bond donors (Lipinski definition) is 4. The predicted octanol–water partition coefficient (Wildman–Crippen LogP) is 5.06. The minimum Gasteiger partial charge on any atom is -0.398 e. The van der Waals surface area contributed by atoms with Crippen molar-refractivity contribution in [2.45, 2.75) is 84.0 Å². The maximum atomic E-state index is 6.42. The summed E-state index contributed by atoms with van der Waals surface area (Å²) in [6.45, 7) is 8.94. The fourth-order valence-electron chi connectivity index (χ4n) is 4.45. The summed E-state index contributed by atoms with van der Waals surface area (Å²) in [5, 5.41) is 12.5. The number of nitrogen functional groups attached to an aromatic ring is 1. The molecular weight excluding hydrogens is 436 g/mol. The molecule has 2 atom stereocenters. The van der Waals surface area contributed by atoms with Crippen LogP contribution in [-0.4, -0.2) is 31.8 Å². The van der Waals surface area contributed by atoms with Gasteiger partial charge in [-0.3, -0.25) is 4.68 Å². The lowest BCUT2D eigenvalue weighted by Gasteiger charge is -2.29. The van der Waals surface area contributed by atoms with E-state index in [1.165, 1.54) is 6.42 Å². The van der Waals surface area contributed by atoms with Gasteiger partial charge >= 0.3 is 0 Å². The second-order valence-electron chi connectivity index (χ2n) is 9.53. The molecule has 0 bridgehead atoms. The Hall–Kier alpha value is -2.58. The average Bonchev–Trinajstić information content (AvgIpc) is 3.15. The van der Waals surface area contributed by atoms with Gasteiger partial charge in [0.1, 0.15) is 11.0 Å². The van der Waals surface area contributed by atoms with Crippen molar-refractivity contribution in [1.29, 1.82) is 0 Å². The first kappa shape index (κ1) is 23.6. The van der Waals surface area contributed by atoms with E-state index in [0.29, 0.717) is 29.0 Å². The summed E-state index contributed by atoms with van der Waals surface area (Å²) in [5.74, 6) is 1.50. The fourth-order valence-corrected chi connectivity index (χ4v) is 4.70. The van der Waals surface area contributed by atoms with Crippen molar-refractivity contribution in [3.05, 3.63) is 34.5 Å². The summed E-state index contributed by atoms with van der Waals surface area (Å²) >= 11 is 6.42. The van der Waals surface area contributed by atoms with Crippen LogP contribution in [0, 0.1) is 0 Å². The van der Waals surface area contributed by atoms with Gasteiger partial charge in [-0.2, -0.15) is 10.1 Å². The number of halogens is 1. The Balaban J connectivity index is 1.79. The van der Waals surface area contributed by atoms with E-state index in [-0.39, 0.29) is 24.0 Å². The topological polar surface area (TPSA) is 120 Å². The highest BCUT2D eigenvalue weighted by atomic mass is 35.5. The third kappa shape index (κ3) is 4.87. The molecule has 2 aromatic heterocycles. The van der Waals surface area contributed by atoms with Gasteiger partial charge in [0, 0.05) is 40.9 Å². The van der Waals surface area contributed by atoms with Crippen molar-refractivity contribution in [1.82, 2.24) is 19.7 Å². The third-order valence-corrected chi connectivity index (χ3v) is 6.68. The summed E-state index contributed by atoms with van der Waals surface area (Å²) < 4.78 is 2.00. The summed E-state index contributed by atoms with van der Waals surface area (Å²) in [4.78, 5) is 9.81. The number of benzene rings is 1. The number of hydrogen-bond acceptors (Lipinski definition) is 7. The van der Waals surface area contributed by atoms with Crippen LogP contribution in [0.2, 0.25) is 5.02 Å². The molecule has 4 rings (SSSR count). The Morgan fingerprint density at radius 2 is 1.91 bits per heavy atom. The first-order valence-corrected chi connectivity index (χ1v) is 12.2. The van der Waals surface area contributed by atoms with E-state index in [4.69, 9.17) is 38.1 Å². The number of rotatable bonds is 7. The molecule has 1 fully saturated rings. The molecule has 0 aliphatic heterocycles. The van der Waals surface area contributed by atoms with Gasteiger partial charge < -0.3 is 22.1 Å². The van der Waals surface area contributed by atoms with Crippen LogP contribution in [0.1, 0.15) is 76.6 Å². The quantitative estimate of drug-likeness (QED) is 0.356. The van der Waals surface area contributed by atoms with Crippen LogP contribution < -0.4 is 22.1 Å². The van der Waals surface area contributed by atoms with Crippen LogP contribution in [0.4, 0.5) is 17.5 Å². The minimum absolute atomic E-state index is 0.0975. The standard InChI is InChI=1S/C24H35ClN8/c1-13(2)20-21-22(33(32-20)14(3)4)23(28-12-15-16(25)8-7-10-17(15)26)31-24(30-21)29-19-11-6-5-9-18(19)27/h7-8,10,13-14,18-19H,5-6,9,11-12,26-27H2,1-4H3,(H2,28,29,30,31). The molecule has 178 valence electrons. The Labute approximate surface area is 200 Å². The van der Waals surface area contributed by atoms with E-state index in [2.05, 4.69) is 38.3 Å². The lowest BCUT2D eigenvalue weighted by molar-refractivity contribution is 0.402. The monoisotopic (exact) mass is 470 g/mol. The molecule has 1 aromatic carbocycles. The molecule has 0 saturated heterocycles. The van der Waals surface area contributed by atoms with Crippen molar-refractivity contribution >= 4 is 40.1 Å². The van der Waals surface area contributed by atoms with Gasteiger partial charge in [0.2, 0.25) is 5.95 Å². The molecule has 0 spiro atoms. The molecule has 6 N–H and O–H groups in total. The molecule has 1 aliphatic carbocycles. The third-order valence-electron chi connectivity index (χ3n) is 6.33. The molecule has 1 saturated carbocycles. The molecule has 9 heteroatoms. The normalized spacial score (nSPS) is 18.9. The van der Waals surface area contributed by atoms with Gasteiger partial charge in [-0.05, 0) is 44.7 Å². The largest absolute Gasteiger partial charge is 0.398 e. The Morgan fingerprint density at radius 1 is 1.15 bits per heavy atom. The molecule has 2 unspecified atom stereocenters. The van der Waals surface area contributed by atoms with Crippen LogP contribution in [0.25, 0.3) is 11.0 Å². The van der Waals surface area contributed by atoms with Crippen LogP contribution in [0.3, 0.4) is 0 Å². The summed E-state index contributed by atoms with van der Waals surface area (Å²) in [7, 11) is 0. The van der Waals surface area contributed by atoms with Crippen molar-refractivity contribution in [3.63, 3.8) is 0 Å². The van der Waals surface area contributed by atoms with Crippen LogP contribution >= 0.6 is 11.6 Å². The van der Waals surface area contributed by atoms with E-state index in [1.807, 2.05) is 22.9 Å². The van der Waals surface area contributed by atoms with E-state index in [9.17, 15) is 0 Å². The van der Waals surface area contributed by atoms with Gasteiger partial charge in [-0.15, -0.1) is 0 Å². The van der Waals surface area contributed by atoms with Crippen LogP contribution in [0.5, 0.6) is 0 Å². The molecule has 8 nitrogen and oxygen atoms in total. The smallest absolute Gasteiger partial charge is 0.225 e. The first-order valence-electron chi connectivity index (χ1n) is 11.8. The fraction of sp³-hybridized carbons (Fsp3) is 0.542. The first-order chi connectivity index (χ1) is 15.8. The highest BCUT2D eigenvalue weighted by Gasteiger charge is 2.25. The van der Waals surface area contributed by atoms with Gasteiger partial charge in [0.25, 0.3) is 0 Å². The maximum absolute atomic E-state index is 6.42. The summed E-state index contributed by atoms with van der Waals surface area (Å²) in [6.07, 6.45) is 4.36.